The molecular formula is C20H24N4O2. The average molecular weight is 352 g/mol. The predicted octanol–water partition coefficient (Wildman–Crippen LogP) is 1.97. The van der Waals surface area contributed by atoms with E-state index < -0.39 is 0 Å². The molecule has 0 unspecified atom stereocenters. The predicted molar refractivity (Wildman–Crippen MR) is 98.5 cm³/mol. The summed E-state index contributed by atoms with van der Waals surface area (Å²) in [5, 5.41) is 4.74. The van der Waals surface area contributed by atoms with Crippen molar-refractivity contribution in [3.63, 3.8) is 0 Å². The lowest BCUT2D eigenvalue weighted by Crippen LogP contribution is -2.50. The lowest BCUT2D eigenvalue weighted by atomic mass is 10.1. The minimum Gasteiger partial charge on any atom is -0.339 e. The van der Waals surface area contributed by atoms with E-state index in [2.05, 4.69) is 19.1 Å². The maximum absolute atomic E-state index is 13.1. The van der Waals surface area contributed by atoms with Crippen LogP contribution in [-0.2, 0) is 17.6 Å². The molecule has 6 nitrogen and oxygen atoms in total. The Morgan fingerprint density at radius 3 is 2.38 bits per heavy atom. The summed E-state index contributed by atoms with van der Waals surface area (Å²) >= 11 is 0. The molecule has 0 bridgehead atoms. The van der Waals surface area contributed by atoms with Crippen molar-refractivity contribution in [3.05, 3.63) is 46.8 Å². The zero-order valence-corrected chi connectivity index (χ0v) is 15.4. The third-order valence-corrected chi connectivity index (χ3v) is 5.49. The zero-order valence-electron chi connectivity index (χ0n) is 15.4. The van der Waals surface area contributed by atoms with E-state index in [0.717, 1.165) is 36.1 Å². The minimum atomic E-state index is -0.00122. The van der Waals surface area contributed by atoms with E-state index in [-0.39, 0.29) is 11.8 Å². The topological polar surface area (TPSA) is 58.4 Å². The Labute approximate surface area is 153 Å². The zero-order chi connectivity index (χ0) is 18.3. The van der Waals surface area contributed by atoms with Gasteiger partial charge in [0.05, 0.1) is 5.69 Å². The molecule has 4 rings (SSSR count). The van der Waals surface area contributed by atoms with Gasteiger partial charge in [-0.2, -0.15) is 5.10 Å². The molecule has 1 aliphatic heterocycles. The summed E-state index contributed by atoms with van der Waals surface area (Å²) in [7, 11) is 0. The Morgan fingerprint density at radius 1 is 1.00 bits per heavy atom. The largest absolute Gasteiger partial charge is 0.339 e. The van der Waals surface area contributed by atoms with E-state index in [1.807, 2.05) is 21.7 Å². The smallest absolute Gasteiger partial charge is 0.274 e. The van der Waals surface area contributed by atoms with Gasteiger partial charge in [-0.3, -0.25) is 9.59 Å². The van der Waals surface area contributed by atoms with Crippen LogP contribution in [0.2, 0.25) is 0 Å². The number of piperazine rings is 1. The first kappa shape index (κ1) is 16.8. The first-order valence-electron chi connectivity index (χ1n) is 9.28. The highest BCUT2D eigenvalue weighted by Gasteiger charge is 2.31. The highest BCUT2D eigenvalue weighted by Crippen LogP contribution is 2.29. The molecule has 0 atom stereocenters. The van der Waals surface area contributed by atoms with Gasteiger partial charge in [0.25, 0.3) is 5.91 Å². The van der Waals surface area contributed by atoms with E-state index >= 15 is 0 Å². The Kier molecular flexibility index (Phi) is 4.26. The molecule has 0 spiro atoms. The fraction of sp³-hybridized carbons (Fsp3) is 0.450. The van der Waals surface area contributed by atoms with Crippen molar-refractivity contribution in [3.8, 4) is 5.69 Å². The molecule has 2 amide bonds. The second-order valence-corrected chi connectivity index (χ2v) is 7.12. The van der Waals surface area contributed by atoms with Gasteiger partial charge in [0, 0.05) is 44.4 Å². The van der Waals surface area contributed by atoms with Crippen LogP contribution in [0.3, 0.4) is 0 Å². The minimum absolute atomic E-state index is 0.00122. The maximum Gasteiger partial charge on any atom is 0.274 e. The molecule has 2 heterocycles. The fourth-order valence-electron chi connectivity index (χ4n) is 3.98. The van der Waals surface area contributed by atoms with E-state index in [9.17, 15) is 9.59 Å². The Hall–Kier alpha value is -2.63. The molecule has 1 aliphatic carbocycles. The van der Waals surface area contributed by atoms with Crippen molar-refractivity contribution in [1.29, 1.82) is 0 Å². The van der Waals surface area contributed by atoms with Crippen LogP contribution in [0.15, 0.2) is 24.3 Å². The lowest BCUT2D eigenvalue weighted by Gasteiger charge is -2.33. The molecule has 1 aromatic heterocycles. The van der Waals surface area contributed by atoms with Crippen LogP contribution < -0.4 is 0 Å². The molecule has 1 fully saturated rings. The second kappa shape index (κ2) is 6.59. The second-order valence-electron chi connectivity index (χ2n) is 7.12. The molecule has 0 N–H and O–H groups in total. The number of amides is 2. The molecule has 1 saturated heterocycles. The number of aromatic nitrogens is 2. The van der Waals surface area contributed by atoms with Crippen molar-refractivity contribution in [2.45, 2.75) is 33.1 Å². The summed E-state index contributed by atoms with van der Waals surface area (Å²) in [6.45, 7) is 5.99. The van der Waals surface area contributed by atoms with Gasteiger partial charge in [-0.25, -0.2) is 4.68 Å². The summed E-state index contributed by atoms with van der Waals surface area (Å²) in [5.74, 6) is 0.0699. The maximum atomic E-state index is 13.1. The van der Waals surface area contributed by atoms with Gasteiger partial charge in [-0.15, -0.1) is 0 Å². The van der Waals surface area contributed by atoms with Crippen LogP contribution in [0.5, 0.6) is 0 Å². The number of rotatable bonds is 2. The molecule has 0 radical (unpaired) electrons. The Bertz CT molecular complexity index is 863. The number of carbonyl (C=O) groups excluding carboxylic acids is 2. The first-order valence-corrected chi connectivity index (χ1v) is 9.28. The molecule has 0 saturated carbocycles. The summed E-state index contributed by atoms with van der Waals surface area (Å²) in [5.41, 5.74) is 5.07. The average Bonchev–Trinajstić information content (AvgIpc) is 3.24. The van der Waals surface area contributed by atoms with E-state index in [1.54, 1.807) is 11.8 Å². The number of para-hydroxylation sites is 1. The SMILES string of the molecule is CC(=O)N1CCN(C(=O)c2nn(-c3ccccc3C)c3c2CCC3)CC1. The Balaban J connectivity index is 1.64. The fourth-order valence-corrected chi connectivity index (χ4v) is 3.98. The lowest BCUT2D eigenvalue weighted by molar-refractivity contribution is -0.130. The molecule has 2 aliphatic rings. The van der Waals surface area contributed by atoms with Gasteiger partial charge >= 0.3 is 0 Å². The quantitative estimate of drug-likeness (QED) is 0.830. The number of nitrogens with zero attached hydrogens (tertiary/aromatic N) is 4. The first-order chi connectivity index (χ1) is 12.6. The van der Waals surface area contributed by atoms with Crippen molar-refractivity contribution in [1.82, 2.24) is 19.6 Å². The monoisotopic (exact) mass is 352 g/mol. The van der Waals surface area contributed by atoms with Gasteiger partial charge in [0.1, 0.15) is 0 Å². The standard InChI is InChI=1S/C20H24N4O2/c1-14-6-3-4-8-17(14)24-18-9-5-7-16(18)19(21-24)20(26)23-12-10-22(11-13-23)15(2)25/h3-4,6,8H,5,7,9-13H2,1-2H3. The molecule has 26 heavy (non-hydrogen) atoms. The normalized spacial score (nSPS) is 16.7. The van der Waals surface area contributed by atoms with Crippen LogP contribution in [-0.4, -0.2) is 57.6 Å². The third kappa shape index (κ3) is 2.79. The van der Waals surface area contributed by atoms with Crippen LogP contribution in [0.25, 0.3) is 5.69 Å². The highest BCUT2D eigenvalue weighted by molar-refractivity contribution is 5.94. The summed E-state index contributed by atoms with van der Waals surface area (Å²) < 4.78 is 1.97. The number of carbonyl (C=O) groups is 2. The van der Waals surface area contributed by atoms with E-state index in [0.29, 0.717) is 31.9 Å². The molecule has 6 heteroatoms. The summed E-state index contributed by atoms with van der Waals surface area (Å²) in [4.78, 5) is 28.2. The molecule has 136 valence electrons. The highest BCUT2D eigenvalue weighted by atomic mass is 16.2. The van der Waals surface area contributed by atoms with Crippen LogP contribution >= 0.6 is 0 Å². The van der Waals surface area contributed by atoms with Gasteiger partial charge in [0.15, 0.2) is 5.69 Å². The number of hydrogen-bond acceptors (Lipinski definition) is 3. The van der Waals surface area contributed by atoms with Crippen LogP contribution in [0, 0.1) is 6.92 Å². The molecule has 1 aromatic carbocycles. The van der Waals surface area contributed by atoms with Crippen LogP contribution in [0.4, 0.5) is 0 Å². The van der Waals surface area contributed by atoms with Crippen molar-refractivity contribution in [2.24, 2.45) is 0 Å². The van der Waals surface area contributed by atoms with Crippen molar-refractivity contribution < 1.29 is 9.59 Å². The molecule has 2 aromatic rings. The number of fused-ring (bicyclic) bond motifs is 1. The summed E-state index contributed by atoms with van der Waals surface area (Å²) in [6, 6.07) is 8.15. The summed E-state index contributed by atoms with van der Waals surface area (Å²) in [6.07, 6.45) is 2.94. The Morgan fingerprint density at radius 2 is 1.69 bits per heavy atom. The van der Waals surface area contributed by atoms with E-state index in [4.69, 9.17) is 5.10 Å². The number of aryl methyl sites for hydroxylation is 1. The van der Waals surface area contributed by atoms with Gasteiger partial charge in [-0.1, -0.05) is 18.2 Å². The van der Waals surface area contributed by atoms with Gasteiger partial charge < -0.3 is 9.80 Å². The van der Waals surface area contributed by atoms with Crippen LogP contribution in [0.1, 0.15) is 40.7 Å². The van der Waals surface area contributed by atoms with E-state index in [1.165, 1.54) is 5.69 Å². The van der Waals surface area contributed by atoms with Gasteiger partial charge in [0.2, 0.25) is 5.91 Å². The van der Waals surface area contributed by atoms with Gasteiger partial charge in [-0.05, 0) is 37.8 Å². The number of benzene rings is 1. The molecular weight excluding hydrogens is 328 g/mol. The number of hydrogen-bond donors (Lipinski definition) is 0. The van der Waals surface area contributed by atoms with Crippen molar-refractivity contribution >= 4 is 11.8 Å². The third-order valence-electron chi connectivity index (χ3n) is 5.49. The van der Waals surface area contributed by atoms with Crippen molar-refractivity contribution in [2.75, 3.05) is 26.2 Å².